The standard InChI is InChI=1S/C19H21FN2/c1-13-2-4-18(20)17(10-13)14-3-5-19-15(11-14)12-16-6-7-21-8-9-22(16)19/h2-5,10-11,16,21H,6-9,12H2,1H3. The van der Waals surface area contributed by atoms with E-state index in [4.69, 9.17) is 0 Å². The van der Waals surface area contributed by atoms with Gasteiger partial charge in [-0.3, -0.25) is 0 Å². The number of nitrogens with one attached hydrogen (secondary N) is 1. The van der Waals surface area contributed by atoms with E-state index in [0.29, 0.717) is 11.6 Å². The Balaban J connectivity index is 1.73. The Morgan fingerprint density at radius 1 is 1.14 bits per heavy atom. The first kappa shape index (κ1) is 13.8. The molecule has 2 heterocycles. The normalized spacial score (nSPS) is 20.5. The minimum Gasteiger partial charge on any atom is -0.367 e. The molecule has 2 aliphatic rings. The molecular formula is C19H21FN2. The van der Waals surface area contributed by atoms with Crippen LogP contribution in [0.1, 0.15) is 17.5 Å². The van der Waals surface area contributed by atoms with Gasteiger partial charge in [0.1, 0.15) is 5.82 Å². The lowest BCUT2D eigenvalue weighted by atomic mass is 9.99. The number of anilines is 1. The van der Waals surface area contributed by atoms with Crippen LogP contribution in [0.5, 0.6) is 0 Å². The number of benzene rings is 2. The van der Waals surface area contributed by atoms with Crippen molar-refractivity contribution in [3.05, 3.63) is 53.3 Å². The van der Waals surface area contributed by atoms with Gasteiger partial charge in [-0.1, -0.05) is 17.7 Å². The van der Waals surface area contributed by atoms with Gasteiger partial charge in [0.05, 0.1) is 0 Å². The van der Waals surface area contributed by atoms with Gasteiger partial charge in [-0.15, -0.1) is 0 Å². The summed E-state index contributed by atoms with van der Waals surface area (Å²) in [6, 6.07) is 12.4. The third kappa shape index (κ3) is 2.30. The van der Waals surface area contributed by atoms with Crippen molar-refractivity contribution in [3.63, 3.8) is 0 Å². The van der Waals surface area contributed by atoms with E-state index in [1.54, 1.807) is 6.07 Å². The van der Waals surface area contributed by atoms with E-state index in [-0.39, 0.29) is 5.82 Å². The fraction of sp³-hybridized carbons (Fsp3) is 0.368. The van der Waals surface area contributed by atoms with Crippen LogP contribution in [0.25, 0.3) is 11.1 Å². The summed E-state index contributed by atoms with van der Waals surface area (Å²) in [4.78, 5) is 2.52. The Morgan fingerprint density at radius 3 is 2.95 bits per heavy atom. The van der Waals surface area contributed by atoms with Gasteiger partial charge in [-0.2, -0.15) is 0 Å². The summed E-state index contributed by atoms with van der Waals surface area (Å²) < 4.78 is 14.1. The smallest absolute Gasteiger partial charge is 0.131 e. The fourth-order valence-electron chi connectivity index (χ4n) is 3.77. The molecule has 1 unspecified atom stereocenters. The van der Waals surface area contributed by atoms with E-state index in [1.807, 2.05) is 19.1 Å². The van der Waals surface area contributed by atoms with Crippen molar-refractivity contribution in [1.82, 2.24) is 5.32 Å². The summed E-state index contributed by atoms with van der Waals surface area (Å²) in [6.45, 7) is 5.21. The second-order valence-corrected chi connectivity index (χ2v) is 6.42. The van der Waals surface area contributed by atoms with Gasteiger partial charge in [0.15, 0.2) is 0 Å². The first-order valence-electron chi connectivity index (χ1n) is 8.09. The van der Waals surface area contributed by atoms with E-state index >= 15 is 0 Å². The van der Waals surface area contributed by atoms with Crippen LogP contribution in [0, 0.1) is 12.7 Å². The first-order valence-corrected chi connectivity index (χ1v) is 8.09. The van der Waals surface area contributed by atoms with Gasteiger partial charge < -0.3 is 10.2 Å². The maximum absolute atomic E-state index is 14.1. The van der Waals surface area contributed by atoms with Crippen molar-refractivity contribution in [3.8, 4) is 11.1 Å². The molecule has 0 aromatic heterocycles. The second kappa shape index (κ2) is 5.40. The highest BCUT2D eigenvalue weighted by Crippen LogP contribution is 2.37. The predicted molar refractivity (Wildman–Crippen MR) is 88.9 cm³/mol. The van der Waals surface area contributed by atoms with Crippen molar-refractivity contribution in [2.24, 2.45) is 0 Å². The third-order valence-electron chi connectivity index (χ3n) is 4.90. The monoisotopic (exact) mass is 296 g/mol. The molecule has 0 spiro atoms. The maximum Gasteiger partial charge on any atom is 0.131 e. The summed E-state index contributed by atoms with van der Waals surface area (Å²) in [5.74, 6) is -0.137. The minimum absolute atomic E-state index is 0.137. The Bertz CT molecular complexity index is 711. The lowest BCUT2D eigenvalue weighted by Crippen LogP contribution is -2.32. The van der Waals surface area contributed by atoms with Gasteiger partial charge in [-0.05, 0) is 61.7 Å². The van der Waals surface area contributed by atoms with Crippen LogP contribution < -0.4 is 10.2 Å². The highest BCUT2D eigenvalue weighted by atomic mass is 19.1. The maximum atomic E-state index is 14.1. The minimum atomic E-state index is -0.137. The largest absolute Gasteiger partial charge is 0.367 e. The Hall–Kier alpha value is -1.87. The number of nitrogens with zero attached hydrogens (tertiary/aromatic N) is 1. The molecule has 2 aromatic rings. The molecule has 2 nitrogen and oxygen atoms in total. The Labute approximate surface area is 131 Å². The van der Waals surface area contributed by atoms with Crippen LogP contribution in [0.2, 0.25) is 0 Å². The van der Waals surface area contributed by atoms with Crippen LogP contribution in [0.15, 0.2) is 36.4 Å². The van der Waals surface area contributed by atoms with Gasteiger partial charge in [0.2, 0.25) is 0 Å². The number of hydrogen-bond donors (Lipinski definition) is 1. The summed E-state index contributed by atoms with van der Waals surface area (Å²) in [7, 11) is 0. The van der Waals surface area contributed by atoms with E-state index in [1.165, 1.54) is 17.7 Å². The average molecular weight is 296 g/mol. The van der Waals surface area contributed by atoms with Gasteiger partial charge in [-0.25, -0.2) is 4.39 Å². The number of rotatable bonds is 1. The van der Waals surface area contributed by atoms with E-state index in [0.717, 1.165) is 37.2 Å². The Morgan fingerprint density at radius 2 is 2.05 bits per heavy atom. The van der Waals surface area contributed by atoms with Crippen LogP contribution in [-0.2, 0) is 6.42 Å². The van der Waals surface area contributed by atoms with Crippen molar-refractivity contribution in [1.29, 1.82) is 0 Å². The summed E-state index contributed by atoms with van der Waals surface area (Å²) in [5, 5.41) is 3.47. The molecule has 2 aliphatic heterocycles. The van der Waals surface area contributed by atoms with Crippen molar-refractivity contribution < 1.29 is 4.39 Å². The number of fused-ring (bicyclic) bond motifs is 3. The quantitative estimate of drug-likeness (QED) is 0.866. The van der Waals surface area contributed by atoms with Gasteiger partial charge in [0, 0.05) is 30.4 Å². The topological polar surface area (TPSA) is 15.3 Å². The molecule has 0 radical (unpaired) electrons. The second-order valence-electron chi connectivity index (χ2n) is 6.42. The lowest BCUT2D eigenvalue weighted by molar-refractivity contribution is 0.612. The highest BCUT2D eigenvalue weighted by molar-refractivity contribution is 5.72. The molecular weight excluding hydrogens is 275 g/mol. The molecule has 0 bridgehead atoms. The molecule has 0 aliphatic carbocycles. The molecule has 1 N–H and O–H groups in total. The highest BCUT2D eigenvalue weighted by Gasteiger charge is 2.30. The molecule has 22 heavy (non-hydrogen) atoms. The van der Waals surface area contributed by atoms with E-state index in [2.05, 4.69) is 28.4 Å². The van der Waals surface area contributed by atoms with E-state index < -0.39 is 0 Å². The molecule has 2 aromatic carbocycles. The zero-order valence-electron chi connectivity index (χ0n) is 12.9. The molecule has 0 saturated carbocycles. The number of halogens is 1. The van der Waals surface area contributed by atoms with Crippen molar-refractivity contribution >= 4 is 5.69 Å². The fourth-order valence-corrected chi connectivity index (χ4v) is 3.77. The molecule has 1 saturated heterocycles. The zero-order chi connectivity index (χ0) is 15.1. The van der Waals surface area contributed by atoms with Gasteiger partial charge in [0.25, 0.3) is 0 Å². The molecule has 114 valence electrons. The van der Waals surface area contributed by atoms with E-state index in [9.17, 15) is 4.39 Å². The first-order chi connectivity index (χ1) is 10.7. The zero-order valence-corrected chi connectivity index (χ0v) is 12.9. The van der Waals surface area contributed by atoms with Crippen LogP contribution in [0.4, 0.5) is 10.1 Å². The summed E-state index contributed by atoms with van der Waals surface area (Å²) >= 11 is 0. The summed E-state index contributed by atoms with van der Waals surface area (Å²) in [6.07, 6.45) is 2.26. The lowest BCUT2D eigenvalue weighted by Gasteiger charge is -2.24. The summed E-state index contributed by atoms with van der Waals surface area (Å²) in [5.41, 5.74) is 5.51. The molecule has 1 atom stereocenters. The number of aryl methyl sites for hydroxylation is 1. The third-order valence-corrected chi connectivity index (χ3v) is 4.90. The number of hydrogen-bond acceptors (Lipinski definition) is 2. The van der Waals surface area contributed by atoms with Crippen LogP contribution >= 0.6 is 0 Å². The molecule has 0 amide bonds. The molecule has 3 heteroatoms. The van der Waals surface area contributed by atoms with Crippen LogP contribution in [-0.4, -0.2) is 25.7 Å². The van der Waals surface area contributed by atoms with Crippen molar-refractivity contribution in [2.45, 2.75) is 25.8 Å². The predicted octanol–water partition coefficient (Wildman–Crippen LogP) is 3.53. The SMILES string of the molecule is Cc1ccc(F)c(-c2ccc3c(c2)CC2CCNCCN32)c1. The van der Waals surface area contributed by atoms with Gasteiger partial charge >= 0.3 is 0 Å². The van der Waals surface area contributed by atoms with Crippen LogP contribution in [0.3, 0.4) is 0 Å². The Kier molecular flexibility index (Phi) is 3.38. The van der Waals surface area contributed by atoms with Crippen molar-refractivity contribution in [2.75, 3.05) is 24.5 Å². The molecule has 4 rings (SSSR count). The average Bonchev–Trinajstić information content (AvgIpc) is 2.70. The molecule has 1 fully saturated rings.